The fraction of sp³-hybridized carbons (Fsp3) is 0.381. The maximum Gasteiger partial charge on any atom is 0.255 e. The predicted molar refractivity (Wildman–Crippen MR) is 108 cm³/mol. The smallest absolute Gasteiger partial charge is 0.255 e. The molecule has 0 fully saturated rings. The van der Waals surface area contributed by atoms with E-state index in [2.05, 4.69) is 12.2 Å². The van der Waals surface area contributed by atoms with Crippen LogP contribution in [0.2, 0.25) is 5.02 Å². The molecule has 0 spiro atoms. The number of para-hydroxylation sites is 1. The maximum atomic E-state index is 12.5. The molecule has 2 aromatic carbocycles. The lowest BCUT2D eigenvalue weighted by Gasteiger charge is -2.14. The average molecular weight is 392 g/mol. The van der Waals surface area contributed by atoms with Crippen LogP contribution < -0.4 is 14.8 Å². The van der Waals surface area contributed by atoms with E-state index in [1.165, 1.54) is 0 Å². The Bertz CT molecular complexity index is 719. The van der Waals surface area contributed by atoms with Gasteiger partial charge >= 0.3 is 0 Å². The molecule has 2 rings (SSSR count). The van der Waals surface area contributed by atoms with Crippen molar-refractivity contribution in [2.24, 2.45) is 0 Å². The van der Waals surface area contributed by atoms with Crippen molar-refractivity contribution in [2.45, 2.75) is 26.2 Å². The Hall–Kier alpha value is -2.24. The molecule has 27 heavy (non-hydrogen) atoms. The molecular weight excluding hydrogens is 366 g/mol. The first kappa shape index (κ1) is 21.1. The molecule has 1 N–H and O–H groups in total. The molecule has 0 unspecified atom stereocenters. The van der Waals surface area contributed by atoms with Crippen molar-refractivity contribution in [3.05, 3.63) is 53.1 Å². The topological polar surface area (TPSA) is 56.8 Å². The number of halogens is 1. The Kier molecular flexibility index (Phi) is 8.95. The summed E-state index contributed by atoms with van der Waals surface area (Å²) in [6.45, 7) is 3.61. The number of anilines is 1. The van der Waals surface area contributed by atoms with E-state index in [-0.39, 0.29) is 5.91 Å². The lowest BCUT2D eigenvalue weighted by atomic mass is 10.2. The minimum atomic E-state index is -0.244. The molecular formula is C21H26ClNO4. The van der Waals surface area contributed by atoms with Crippen LogP contribution in [0.15, 0.2) is 42.5 Å². The largest absolute Gasteiger partial charge is 0.494 e. The van der Waals surface area contributed by atoms with E-state index in [4.69, 9.17) is 25.8 Å². The van der Waals surface area contributed by atoms with E-state index >= 15 is 0 Å². The van der Waals surface area contributed by atoms with Gasteiger partial charge in [-0.2, -0.15) is 0 Å². The molecule has 0 bridgehead atoms. The number of methoxy groups -OCH3 is 1. The number of unbranched alkanes of at least 4 members (excludes halogenated alkanes) is 2. The second-order valence-corrected chi connectivity index (χ2v) is 6.40. The normalized spacial score (nSPS) is 10.5. The zero-order valence-electron chi connectivity index (χ0n) is 15.8. The highest BCUT2D eigenvalue weighted by Crippen LogP contribution is 2.33. The third kappa shape index (κ3) is 6.77. The Balaban J connectivity index is 1.99. The molecule has 5 nitrogen and oxygen atoms in total. The lowest BCUT2D eigenvalue weighted by Crippen LogP contribution is -2.14. The van der Waals surface area contributed by atoms with Gasteiger partial charge in [0.05, 0.1) is 23.9 Å². The molecule has 0 heterocycles. The molecule has 0 saturated carbocycles. The van der Waals surface area contributed by atoms with Crippen LogP contribution >= 0.6 is 11.6 Å². The van der Waals surface area contributed by atoms with Crippen molar-refractivity contribution < 1.29 is 19.0 Å². The van der Waals surface area contributed by atoms with Gasteiger partial charge in [0.15, 0.2) is 5.75 Å². The van der Waals surface area contributed by atoms with Gasteiger partial charge in [-0.1, -0.05) is 37.4 Å². The van der Waals surface area contributed by atoms with Gasteiger partial charge in [0.25, 0.3) is 5.91 Å². The Morgan fingerprint density at radius 1 is 1.00 bits per heavy atom. The maximum absolute atomic E-state index is 12.5. The monoisotopic (exact) mass is 391 g/mol. The SMILES string of the molecule is CCCCCOc1ccc(C(=O)Nc2cccc(Cl)c2OCCOC)cc1. The predicted octanol–water partition coefficient (Wildman–Crippen LogP) is 5.19. The van der Waals surface area contributed by atoms with Crippen molar-refractivity contribution >= 4 is 23.2 Å². The van der Waals surface area contributed by atoms with Gasteiger partial charge in [-0.15, -0.1) is 0 Å². The lowest BCUT2D eigenvalue weighted by molar-refractivity contribution is 0.102. The van der Waals surface area contributed by atoms with E-state index in [0.29, 0.717) is 41.8 Å². The number of benzene rings is 2. The first-order chi connectivity index (χ1) is 13.2. The third-order valence-electron chi connectivity index (χ3n) is 3.88. The molecule has 146 valence electrons. The standard InChI is InChI=1S/C21H26ClNO4/c1-3-4-5-13-26-17-11-9-16(10-12-17)21(24)23-19-8-6-7-18(22)20(19)27-15-14-25-2/h6-12H,3-5,13-15H2,1-2H3,(H,23,24). The van der Waals surface area contributed by atoms with Gasteiger partial charge in [-0.25, -0.2) is 0 Å². The fourth-order valence-electron chi connectivity index (χ4n) is 2.42. The van der Waals surface area contributed by atoms with Crippen LogP contribution in [0.1, 0.15) is 36.5 Å². The first-order valence-electron chi connectivity index (χ1n) is 9.10. The summed E-state index contributed by atoms with van der Waals surface area (Å²) >= 11 is 6.20. The van der Waals surface area contributed by atoms with Crippen LogP contribution in [0.25, 0.3) is 0 Å². The summed E-state index contributed by atoms with van der Waals surface area (Å²) in [4.78, 5) is 12.5. The number of rotatable bonds is 11. The Morgan fingerprint density at radius 2 is 1.78 bits per heavy atom. The molecule has 0 saturated heterocycles. The highest BCUT2D eigenvalue weighted by molar-refractivity contribution is 6.32. The highest BCUT2D eigenvalue weighted by atomic mass is 35.5. The second-order valence-electron chi connectivity index (χ2n) is 5.99. The Morgan fingerprint density at radius 3 is 2.48 bits per heavy atom. The Labute approximate surface area is 165 Å². The molecule has 2 aromatic rings. The number of ether oxygens (including phenoxy) is 3. The number of hydrogen-bond acceptors (Lipinski definition) is 4. The van der Waals surface area contributed by atoms with Gasteiger partial charge in [0.1, 0.15) is 12.4 Å². The van der Waals surface area contributed by atoms with Crippen LogP contribution in [-0.4, -0.2) is 32.8 Å². The zero-order chi connectivity index (χ0) is 19.5. The van der Waals surface area contributed by atoms with Gasteiger partial charge in [0.2, 0.25) is 0 Å². The van der Waals surface area contributed by atoms with E-state index in [0.717, 1.165) is 25.0 Å². The molecule has 0 radical (unpaired) electrons. The van der Waals surface area contributed by atoms with E-state index in [1.807, 2.05) is 0 Å². The van der Waals surface area contributed by atoms with Crippen molar-refractivity contribution in [1.29, 1.82) is 0 Å². The number of hydrogen-bond donors (Lipinski definition) is 1. The third-order valence-corrected chi connectivity index (χ3v) is 4.18. The molecule has 6 heteroatoms. The molecule has 0 atom stereocenters. The minimum Gasteiger partial charge on any atom is -0.494 e. The van der Waals surface area contributed by atoms with Crippen molar-refractivity contribution in [3.63, 3.8) is 0 Å². The molecule has 0 aromatic heterocycles. The van der Waals surface area contributed by atoms with Gasteiger partial charge in [-0.05, 0) is 42.8 Å². The highest BCUT2D eigenvalue weighted by Gasteiger charge is 2.13. The quantitative estimate of drug-likeness (QED) is 0.536. The second kappa shape index (κ2) is 11.5. The summed E-state index contributed by atoms with van der Waals surface area (Å²) in [7, 11) is 1.59. The summed E-state index contributed by atoms with van der Waals surface area (Å²) in [6, 6.07) is 12.3. The van der Waals surface area contributed by atoms with Crippen molar-refractivity contribution in [1.82, 2.24) is 0 Å². The van der Waals surface area contributed by atoms with Crippen molar-refractivity contribution in [2.75, 3.05) is 32.2 Å². The van der Waals surface area contributed by atoms with E-state index < -0.39 is 0 Å². The molecule has 0 aliphatic heterocycles. The zero-order valence-corrected chi connectivity index (χ0v) is 16.6. The van der Waals surface area contributed by atoms with Crippen LogP contribution in [0.3, 0.4) is 0 Å². The average Bonchev–Trinajstić information content (AvgIpc) is 2.68. The minimum absolute atomic E-state index is 0.244. The first-order valence-corrected chi connectivity index (χ1v) is 9.48. The van der Waals surface area contributed by atoms with E-state index in [1.54, 1.807) is 49.6 Å². The fourth-order valence-corrected chi connectivity index (χ4v) is 2.65. The molecule has 1 amide bonds. The van der Waals surface area contributed by atoms with E-state index in [9.17, 15) is 4.79 Å². The summed E-state index contributed by atoms with van der Waals surface area (Å²) in [5.41, 5.74) is 1.04. The summed E-state index contributed by atoms with van der Waals surface area (Å²) in [5, 5.41) is 3.27. The molecule has 0 aliphatic rings. The van der Waals surface area contributed by atoms with Crippen molar-refractivity contribution in [3.8, 4) is 11.5 Å². The number of amides is 1. The summed E-state index contributed by atoms with van der Waals surface area (Å²) < 4.78 is 16.3. The summed E-state index contributed by atoms with van der Waals surface area (Å²) in [5.74, 6) is 0.945. The van der Waals surface area contributed by atoms with Crippen LogP contribution in [0, 0.1) is 0 Å². The summed E-state index contributed by atoms with van der Waals surface area (Å²) in [6.07, 6.45) is 3.33. The van der Waals surface area contributed by atoms with Crippen LogP contribution in [0.5, 0.6) is 11.5 Å². The van der Waals surface area contributed by atoms with Crippen LogP contribution in [-0.2, 0) is 4.74 Å². The number of nitrogens with one attached hydrogen (secondary N) is 1. The molecule has 0 aliphatic carbocycles. The number of carbonyl (C=O) groups is 1. The number of carbonyl (C=O) groups excluding carboxylic acids is 1. The van der Waals surface area contributed by atoms with Crippen LogP contribution in [0.4, 0.5) is 5.69 Å². The van der Waals surface area contributed by atoms with Gasteiger partial charge in [-0.3, -0.25) is 4.79 Å². The van der Waals surface area contributed by atoms with Gasteiger partial charge in [0, 0.05) is 12.7 Å². The van der Waals surface area contributed by atoms with Gasteiger partial charge < -0.3 is 19.5 Å².